The number of epoxide rings is 1. The molecular weight excluding hydrogens is 361 g/mol. The van der Waals surface area contributed by atoms with Crippen LogP contribution in [0.1, 0.15) is 66.9 Å². The first-order valence-electron chi connectivity index (χ1n) is 10.1. The third-order valence-electron chi connectivity index (χ3n) is 6.05. The molecule has 1 unspecified atom stereocenters. The number of rotatable bonds is 5. The number of hydrogen-bond acceptors (Lipinski definition) is 1. The van der Waals surface area contributed by atoms with Crippen molar-refractivity contribution in [3.8, 4) is 0 Å². The number of benzene rings is 2. The summed E-state index contributed by atoms with van der Waals surface area (Å²) in [5, 5.41) is 0. The topological polar surface area (TPSA) is 12.5 Å². The molecule has 0 aromatic heterocycles. The molecule has 2 aliphatic rings. The molecule has 4 rings (SSSR count). The maximum absolute atomic E-state index is 14.5. The minimum absolute atomic E-state index is 0.0360. The van der Waals surface area contributed by atoms with E-state index in [4.69, 9.17) is 4.74 Å². The van der Waals surface area contributed by atoms with E-state index in [-0.39, 0.29) is 17.8 Å². The van der Waals surface area contributed by atoms with Crippen molar-refractivity contribution in [2.24, 2.45) is 5.92 Å². The number of halogens is 3. The van der Waals surface area contributed by atoms with Crippen LogP contribution in [0.15, 0.2) is 36.4 Å². The molecule has 0 amide bonds. The zero-order valence-corrected chi connectivity index (χ0v) is 16.1. The average Bonchev–Trinajstić information content (AvgIpc) is 3.55. The van der Waals surface area contributed by atoms with Crippen molar-refractivity contribution in [1.29, 1.82) is 0 Å². The lowest BCUT2D eigenvalue weighted by molar-refractivity contribution is 0.361. The van der Waals surface area contributed by atoms with Gasteiger partial charge in [0, 0.05) is 11.1 Å². The Labute approximate surface area is 164 Å². The fourth-order valence-corrected chi connectivity index (χ4v) is 4.16. The van der Waals surface area contributed by atoms with Crippen LogP contribution in [0, 0.1) is 23.4 Å². The molecule has 28 heavy (non-hydrogen) atoms. The molecule has 0 N–H and O–H groups in total. The molecule has 1 saturated heterocycles. The molecular formula is C24H25F3O. The van der Waals surface area contributed by atoms with Crippen LogP contribution in [0.2, 0.25) is 0 Å². The smallest absolute Gasteiger partial charge is 0.165 e. The molecule has 1 heterocycles. The van der Waals surface area contributed by atoms with Crippen LogP contribution in [0.4, 0.5) is 13.2 Å². The zero-order chi connectivity index (χ0) is 19.7. The Morgan fingerprint density at radius 3 is 2.29 bits per heavy atom. The van der Waals surface area contributed by atoms with Crippen molar-refractivity contribution >= 4 is 6.08 Å². The highest BCUT2D eigenvalue weighted by molar-refractivity contribution is 5.51. The first kappa shape index (κ1) is 19.3. The first-order valence-corrected chi connectivity index (χ1v) is 10.1. The fourth-order valence-electron chi connectivity index (χ4n) is 4.16. The SMILES string of the molecule is CCc1ccc(/C=C/C2CCC(c3ccc(C4CO4)c(F)c3F)CC2)c(F)c1. The Morgan fingerprint density at radius 1 is 0.964 bits per heavy atom. The van der Waals surface area contributed by atoms with Crippen molar-refractivity contribution in [2.75, 3.05) is 6.61 Å². The van der Waals surface area contributed by atoms with Crippen LogP contribution >= 0.6 is 0 Å². The number of hydrogen-bond donors (Lipinski definition) is 0. The third-order valence-corrected chi connectivity index (χ3v) is 6.05. The molecule has 0 bridgehead atoms. The molecule has 1 aliphatic heterocycles. The van der Waals surface area contributed by atoms with Crippen LogP contribution in [0.25, 0.3) is 6.08 Å². The predicted octanol–water partition coefficient (Wildman–Crippen LogP) is 6.72. The standard InChI is InChI=1S/C24H25F3O/c1-2-15-3-9-18(21(25)13-15)10-6-16-4-7-17(8-5-16)19-11-12-20(22-14-28-22)24(27)23(19)26/h3,6,9-13,16-17,22H,2,4-5,7-8,14H2,1H3/b10-6+. The highest BCUT2D eigenvalue weighted by Gasteiger charge is 2.32. The van der Waals surface area contributed by atoms with E-state index in [0.29, 0.717) is 29.2 Å². The molecule has 0 spiro atoms. The van der Waals surface area contributed by atoms with Gasteiger partial charge in [0.05, 0.1) is 6.61 Å². The van der Waals surface area contributed by atoms with Crippen molar-refractivity contribution in [1.82, 2.24) is 0 Å². The van der Waals surface area contributed by atoms with Crippen LogP contribution in [0.5, 0.6) is 0 Å². The van der Waals surface area contributed by atoms with Gasteiger partial charge in [0.2, 0.25) is 0 Å². The molecule has 148 valence electrons. The molecule has 1 aliphatic carbocycles. The summed E-state index contributed by atoms with van der Waals surface area (Å²) in [6, 6.07) is 8.75. The lowest BCUT2D eigenvalue weighted by atomic mass is 9.78. The van der Waals surface area contributed by atoms with Crippen molar-refractivity contribution in [3.63, 3.8) is 0 Å². The summed E-state index contributed by atoms with van der Waals surface area (Å²) in [7, 11) is 0. The number of aryl methyl sites for hydroxylation is 1. The Hall–Kier alpha value is -2.07. The number of ether oxygens (including phenoxy) is 1. The summed E-state index contributed by atoms with van der Waals surface area (Å²) in [4.78, 5) is 0. The minimum atomic E-state index is -0.756. The van der Waals surface area contributed by atoms with Gasteiger partial charge in [-0.2, -0.15) is 0 Å². The van der Waals surface area contributed by atoms with Gasteiger partial charge in [-0.3, -0.25) is 0 Å². The Morgan fingerprint density at radius 2 is 1.64 bits per heavy atom. The lowest BCUT2D eigenvalue weighted by Crippen LogP contribution is -2.14. The van der Waals surface area contributed by atoms with Gasteiger partial charge in [-0.25, -0.2) is 13.2 Å². The summed E-state index contributed by atoms with van der Waals surface area (Å²) < 4.78 is 48.0. The molecule has 1 nitrogen and oxygen atoms in total. The Kier molecular flexibility index (Phi) is 5.58. The maximum Gasteiger partial charge on any atom is 0.165 e. The van der Waals surface area contributed by atoms with E-state index >= 15 is 0 Å². The van der Waals surface area contributed by atoms with Crippen molar-refractivity contribution in [2.45, 2.75) is 51.0 Å². The highest BCUT2D eigenvalue weighted by atomic mass is 19.2. The van der Waals surface area contributed by atoms with Crippen molar-refractivity contribution < 1.29 is 17.9 Å². The Balaban J connectivity index is 1.39. The summed E-state index contributed by atoms with van der Waals surface area (Å²) in [6.45, 7) is 2.47. The highest BCUT2D eigenvalue weighted by Crippen LogP contribution is 2.40. The second kappa shape index (κ2) is 8.12. The predicted molar refractivity (Wildman–Crippen MR) is 105 cm³/mol. The minimum Gasteiger partial charge on any atom is -0.368 e. The Bertz CT molecular complexity index is 878. The summed E-state index contributed by atoms with van der Waals surface area (Å²) in [6.07, 6.45) is 7.85. The maximum atomic E-state index is 14.5. The van der Waals surface area contributed by atoms with Gasteiger partial charge in [-0.15, -0.1) is 0 Å². The van der Waals surface area contributed by atoms with Crippen molar-refractivity contribution in [3.05, 3.63) is 76.1 Å². The van der Waals surface area contributed by atoms with Gasteiger partial charge in [-0.1, -0.05) is 43.3 Å². The lowest BCUT2D eigenvalue weighted by Gasteiger charge is -2.27. The van der Waals surface area contributed by atoms with Gasteiger partial charge in [0.25, 0.3) is 0 Å². The van der Waals surface area contributed by atoms with Gasteiger partial charge in [0.15, 0.2) is 11.6 Å². The first-order chi connectivity index (χ1) is 13.6. The summed E-state index contributed by atoms with van der Waals surface area (Å²) in [5.74, 6) is -1.29. The third kappa shape index (κ3) is 4.02. The van der Waals surface area contributed by atoms with Crippen LogP contribution in [-0.4, -0.2) is 6.61 Å². The molecule has 4 heteroatoms. The second-order valence-electron chi connectivity index (χ2n) is 7.87. The van der Waals surface area contributed by atoms with E-state index in [2.05, 4.69) is 6.08 Å². The van der Waals surface area contributed by atoms with Gasteiger partial charge < -0.3 is 4.74 Å². The van der Waals surface area contributed by atoms with Gasteiger partial charge in [0.1, 0.15) is 11.9 Å². The van der Waals surface area contributed by atoms with E-state index in [1.807, 2.05) is 25.1 Å². The van der Waals surface area contributed by atoms with E-state index in [9.17, 15) is 13.2 Å². The summed E-state index contributed by atoms with van der Waals surface area (Å²) in [5.41, 5.74) is 2.40. The molecule has 0 radical (unpaired) electrons. The molecule has 2 aromatic carbocycles. The largest absolute Gasteiger partial charge is 0.368 e. The molecule has 1 saturated carbocycles. The van der Waals surface area contributed by atoms with Crippen LogP contribution < -0.4 is 0 Å². The van der Waals surface area contributed by atoms with Gasteiger partial charge >= 0.3 is 0 Å². The molecule has 2 fully saturated rings. The monoisotopic (exact) mass is 386 g/mol. The fraction of sp³-hybridized carbons (Fsp3) is 0.417. The van der Waals surface area contributed by atoms with E-state index in [1.54, 1.807) is 18.2 Å². The second-order valence-corrected chi connectivity index (χ2v) is 7.87. The van der Waals surface area contributed by atoms with E-state index < -0.39 is 11.6 Å². The quantitative estimate of drug-likeness (QED) is 0.519. The van der Waals surface area contributed by atoms with Crippen LogP contribution in [0.3, 0.4) is 0 Å². The normalized spacial score (nSPS) is 24.6. The van der Waals surface area contributed by atoms with Crippen LogP contribution in [-0.2, 0) is 11.2 Å². The zero-order valence-electron chi connectivity index (χ0n) is 16.1. The average molecular weight is 386 g/mol. The van der Waals surface area contributed by atoms with E-state index in [0.717, 1.165) is 37.7 Å². The number of allylic oxidation sites excluding steroid dienone is 1. The van der Waals surface area contributed by atoms with E-state index in [1.165, 1.54) is 0 Å². The summed E-state index contributed by atoms with van der Waals surface area (Å²) >= 11 is 0. The molecule has 2 aromatic rings. The van der Waals surface area contributed by atoms with Gasteiger partial charge in [-0.05, 0) is 61.1 Å². The molecule has 1 atom stereocenters.